The van der Waals surface area contributed by atoms with Crippen molar-refractivity contribution in [3.05, 3.63) is 14.7 Å². The minimum absolute atomic E-state index is 0.0372. The van der Waals surface area contributed by atoms with Gasteiger partial charge in [0.05, 0.1) is 3.79 Å². The normalized spacial score (nSPS) is 17.4. The Bertz CT molecular complexity index is 553. The van der Waals surface area contributed by atoms with E-state index >= 15 is 0 Å². The molecule has 1 atom stereocenters. The van der Waals surface area contributed by atoms with Crippen LogP contribution >= 0.6 is 27.3 Å². The molecule has 1 aliphatic rings. The zero-order valence-corrected chi connectivity index (χ0v) is 15.0. The lowest BCUT2D eigenvalue weighted by molar-refractivity contribution is 0.544. The van der Waals surface area contributed by atoms with Gasteiger partial charge in [-0.25, -0.2) is 13.1 Å². The van der Waals surface area contributed by atoms with E-state index in [1.807, 2.05) is 13.8 Å². The molecule has 1 aromatic rings. The molecular formula is C13H21BrN2O2S2. The molecule has 1 fully saturated rings. The van der Waals surface area contributed by atoms with Crippen LogP contribution in [0.25, 0.3) is 0 Å². The van der Waals surface area contributed by atoms with Gasteiger partial charge in [0, 0.05) is 23.5 Å². The molecule has 2 rings (SSSR count). The van der Waals surface area contributed by atoms with Crippen molar-refractivity contribution in [3.8, 4) is 0 Å². The predicted octanol–water partition coefficient (Wildman–Crippen LogP) is 3.23. The Morgan fingerprint density at radius 1 is 1.50 bits per heavy atom. The Morgan fingerprint density at radius 2 is 2.20 bits per heavy atom. The third-order valence-corrected chi connectivity index (χ3v) is 7.06. The monoisotopic (exact) mass is 380 g/mol. The van der Waals surface area contributed by atoms with Gasteiger partial charge in [-0.15, -0.1) is 11.3 Å². The molecular weight excluding hydrogens is 360 g/mol. The molecule has 2 N–H and O–H groups in total. The molecule has 1 saturated carbocycles. The van der Waals surface area contributed by atoms with Crippen LogP contribution in [0.2, 0.25) is 0 Å². The highest BCUT2D eigenvalue weighted by Crippen LogP contribution is 2.32. The zero-order valence-electron chi connectivity index (χ0n) is 11.8. The SMILES string of the molecule is CCCC(C)NS(=O)(=O)c1cc(CNC2CC2)sc1Br. The Balaban J connectivity index is 2.05. The highest BCUT2D eigenvalue weighted by atomic mass is 79.9. The van der Waals surface area contributed by atoms with Gasteiger partial charge >= 0.3 is 0 Å². The average Bonchev–Trinajstić information content (AvgIpc) is 3.09. The van der Waals surface area contributed by atoms with Crippen molar-refractivity contribution in [2.45, 2.75) is 63.1 Å². The van der Waals surface area contributed by atoms with Crippen molar-refractivity contribution in [1.29, 1.82) is 0 Å². The molecule has 0 radical (unpaired) electrons. The second-order valence-electron chi connectivity index (χ2n) is 5.32. The number of sulfonamides is 1. The number of nitrogens with one attached hydrogen (secondary N) is 2. The topological polar surface area (TPSA) is 58.2 Å². The first-order valence-corrected chi connectivity index (χ1v) is 10.1. The summed E-state index contributed by atoms with van der Waals surface area (Å²) in [4.78, 5) is 1.41. The molecule has 7 heteroatoms. The van der Waals surface area contributed by atoms with Crippen molar-refractivity contribution in [2.75, 3.05) is 0 Å². The van der Waals surface area contributed by atoms with Crippen LogP contribution in [0.3, 0.4) is 0 Å². The highest BCUT2D eigenvalue weighted by Gasteiger charge is 2.24. The van der Waals surface area contributed by atoms with Crippen molar-refractivity contribution in [3.63, 3.8) is 0 Å². The Labute approximate surface area is 133 Å². The fourth-order valence-corrected chi connectivity index (χ4v) is 5.93. The number of rotatable bonds is 8. The van der Waals surface area contributed by atoms with Crippen molar-refractivity contribution in [1.82, 2.24) is 10.0 Å². The van der Waals surface area contributed by atoms with Crippen LogP contribution in [-0.4, -0.2) is 20.5 Å². The molecule has 0 bridgehead atoms. The number of halogens is 1. The van der Waals surface area contributed by atoms with E-state index in [2.05, 4.69) is 26.0 Å². The summed E-state index contributed by atoms with van der Waals surface area (Å²) in [5.74, 6) is 0. The average molecular weight is 381 g/mol. The molecule has 1 aromatic heterocycles. The van der Waals surface area contributed by atoms with Crippen LogP contribution in [-0.2, 0) is 16.6 Å². The fraction of sp³-hybridized carbons (Fsp3) is 0.692. The Hall–Kier alpha value is 0.0500. The smallest absolute Gasteiger partial charge is 0.242 e. The van der Waals surface area contributed by atoms with Gasteiger partial charge < -0.3 is 5.32 Å². The maximum absolute atomic E-state index is 12.3. The van der Waals surface area contributed by atoms with Crippen molar-refractivity contribution < 1.29 is 8.42 Å². The molecule has 4 nitrogen and oxygen atoms in total. The van der Waals surface area contributed by atoms with E-state index < -0.39 is 10.0 Å². The van der Waals surface area contributed by atoms with E-state index in [1.165, 1.54) is 24.2 Å². The highest BCUT2D eigenvalue weighted by molar-refractivity contribution is 9.11. The van der Waals surface area contributed by atoms with Gasteiger partial charge in [-0.05, 0) is 48.2 Å². The molecule has 0 spiro atoms. The van der Waals surface area contributed by atoms with E-state index in [9.17, 15) is 8.42 Å². The van der Waals surface area contributed by atoms with Crippen molar-refractivity contribution in [2.24, 2.45) is 0 Å². The van der Waals surface area contributed by atoms with Gasteiger partial charge in [0.2, 0.25) is 10.0 Å². The van der Waals surface area contributed by atoms with Gasteiger partial charge in [-0.1, -0.05) is 13.3 Å². The van der Waals surface area contributed by atoms with E-state index in [-0.39, 0.29) is 6.04 Å². The third kappa shape index (κ3) is 4.53. The van der Waals surface area contributed by atoms with Gasteiger partial charge in [-0.2, -0.15) is 0 Å². The Kier molecular flexibility index (Phi) is 5.64. The lowest BCUT2D eigenvalue weighted by atomic mass is 10.2. The zero-order chi connectivity index (χ0) is 14.8. The molecule has 0 aromatic carbocycles. The molecule has 1 unspecified atom stereocenters. The minimum Gasteiger partial charge on any atom is -0.309 e. The molecule has 0 saturated heterocycles. The van der Waals surface area contributed by atoms with E-state index in [4.69, 9.17) is 0 Å². The standard InChI is InChI=1S/C13H21BrN2O2S2/c1-3-4-9(2)16-20(17,18)12-7-11(19-13(12)14)8-15-10-5-6-10/h7,9-10,15-16H,3-6,8H2,1-2H3. The second kappa shape index (κ2) is 6.87. The summed E-state index contributed by atoms with van der Waals surface area (Å²) >= 11 is 4.86. The summed E-state index contributed by atoms with van der Waals surface area (Å²) in [6.07, 6.45) is 4.27. The van der Waals surface area contributed by atoms with Gasteiger partial charge in [0.15, 0.2) is 0 Å². The van der Waals surface area contributed by atoms with Gasteiger partial charge in [0.1, 0.15) is 4.90 Å². The summed E-state index contributed by atoms with van der Waals surface area (Å²) in [5.41, 5.74) is 0. The molecule has 0 aliphatic heterocycles. The maximum atomic E-state index is 12.3. The van der Waals surface area contributed by atoms with Crippen LogP contribution in [0.5, 0.6) is 0 Å². The molecule has 1 aliphatic carbocycles. The molecule has 20 heavy (non-hydrogen) atoms. The second-order valence-corrected chi connectivity index (χ2v) is 9.45. The molecule has 114 valence electrons. The summed E-state index contributed by atoms with van der Waals surface area (Å²) in [6.45, 7) is 4.69. The lowest BCUT2D eigenvalue weighted by Crippen LogP contribution is -2.32. The number of hydrogen-bond donors (Lipinski definition) is 2. The first-order valence-electron chi connectivity index (χ1n) is 6.96. The van der Waals surface area contributed by atoms with Crippen LogP contribution in [0, 0.1) is 0 Å². The summed E-state index contributed by atoms with van der Waals surface area (Å²) in [6, 6.07) is 2.36. The van der Waals surface area contributed by atoms with Crippen LogP contribution in [0.15, 0.2) is 14.7 Å². The summed E-state index contributed by atoms with van der Waals surface area (Å²) in [7, 11) is -3.43. The third-order valence-electron chi connectivity index (χ3n) is 3.22. The largest absolute Gasteiger partial charge is 0.309 e. The van der Waals surface area contributed by atoms with Crippen LogP contribution < -0.4 is 10.0 Å². The first kappa shape index (κ1) is 16.4. The Morgan fingerprint density at radius 3 is 2.80 bits per heavy atom. The fourth-order valence-electron chi connectivity index (χ4n) is 2.02. The number of hydrogen-bond acceptors (Lipinski definition) is 4. The first-order chi connectivity index (χ1) is 9.42. The summed E-state index contributed by atoms with van der Waals surface area (Å²) in [5, 5.41) is 3.40. The van der Waals surface area contributed by atoms with Crippen LogP contribution in [0.1, 0.15) is 44.4 Å². The van der Waals surface area contributed by atoms with Crippen molar-refractivity contribution >= 4 is 37.3 Å². The van der Waals surface area contributed by atoms with E-state index in [0.717, 1.165) is 24.3 Å². The molecule has 0 amide bonds. The lowest BCUT2D eigenvalue weighted by Gasteiger charge is -2.12. The maximum Gasteiger partial charge on any atom is 0.242 e. The quantitative estimate of drug-likeness (QED) is 0.727. The van der Waals surface area contributed by atoms with Gasteiger partial charge in [0.25, 0.3) is 0 Å². The number of thiophene rings is 1. The van der Waals surface area contributed by atoms with Gasteiger partial charge in [-0.3, -0.25) is 0 Å². The summed E-state index contributed by atoms with van der Waals surface area (Å²) < 4.78 is 28.1. The minimum atomic E-state index is -3.43. The van der Waals surface area contributed by atoms with E-state index in [1.54, 1.807) is 6.07 Å². The molecule has 1 heterocycles. The predicted molar refractivity (Wildman–Crippen MR) is 86.6 cm³/mol. The van der Waals surface area contributed by atoms with E-state index in [0.29, 0.717) is 14.7 Å². The van der Waals surface area contributed by atoms with Crippen LogP contribution in [0.4, 0.5) is 0 Å².